The van der Waals surface area contributed by atoms with Crippen LogP contribution >= 0.6 is 0 Å². The van der Waals surface area contributed by atoms with Gasteiger partial charge >= 0.3 is 0 Å². The van der Waals surface area contributed by atoms with Gasteiger partial charge < -0.3 is 15.2 Å². The van der Waals surface area contributed by atoms with Gasteiger partial charge in [-0.1, -0.05) is 25.7 Å². The van der Waals surface area contributed by atoms with Crippen LogP contribution in [-0.4, -0.2) is 24.7 Å². The number of hydrogen-bond donors (Lipinski definition) is 2. The van der Waals surface area contributed by atoms with Gasteiger partial charge in [-0.25, -0.2) is 0 Å². The van der Waals surface area contributed by atoms with E-state index in [1.165, 1.54) is 0 Å². The van der Waals surface area contributed by atoms with Crippen molar-refractivity contribution in [2.75, 3.05) is 19.0 Å². The first-order valence-electron chi connectivity index (χ1n) is 6.14. The van der Waals surface area contributed by atoms with Crippen molar-refractivity contribution >= 4 is 11.6 Å². The minimum atomic E-state index is -0.193. The molecule has 4 heteroatoms. The number of ether oxygens (including phenoxy) is 1. The number of carbonyl (C=O) groups excluding carboxylic acids is 1. The Morgan fingerprint density at radius 2 is 2.21 bits per heavy atom. The predicted octanol–water partition coefficient (Wildman–Crippen LogP) is 2.02. The quantitative estimate of drug-likeness (QED) is 0.815. The van der Waals surface area contributed by atoms with Crippen LogP contribution in [0.3, 0.4) is 0 Å². The lowest BCUT2D eigenvalue weighted by Crippen LogP contribution is -2.14. The van der Waals surface area contributed by atoms with E-state index >= 15 is 0 Å². The molecule has 19 heavy (non-hydrogen) atoms. The summed E-state index contributed by atoms with van der Waals surface area (Å²) in [4.78, 5) is 11.8. The molecule has 102 valence electrons. The third-order valence-corrected chi connectivity index (χ3v) is 2.38. The van der Waals surface area contributed by atoms with Crippen molar-refractivity contribution < 1.29 is 14.6 Å². The van der Waals surface area contributed by atoms with Gasteiger partial charge in [0.2, 0.25) is 5.91 Å². The number of aliphatic hydroxyl groups is 1. The lowest BCUT2D eigenvalue weighted by molar-refractivity contribution is -0.116. The van der Waals surface area contributed by atoms with Crippen molar-refractivity contribution in [3.63, 3.8) is 0 Å². The highest BCUT2D eigenvalue weighted by Crippen LogP contribution is 2.25. The molecule has 1 aromatic carbocycles. The van der Waals surface area contributed by atoms with E-state index in [1.54, 1.807) is 25.3 Å². The van der Waals surface area contributed by atoms with E-state index < -0.39 is 0 Å². The van der Waals surface area contributed by atoms with Gasteiger partial charge in [0.15, 0.2) is 0 Å². The first-order chi connectivity index (χ1) is 9.06. The van der Waals surface area contributed by atoms with Gasteiger partial charge in [0, 0.05) is 12.0 Å². The fourth-order valence-corrected chi connectivity index (χ4v) is 1.60. The van der Waals surface area contributed by atoms with Gasteiger partial charge in [-0.3, -0.25) is 4.79 Å². The SMILES string of the molecule is COc1ccc(C#CCO)cc1NC(=O)CC(C)C. The van der Waals surface area contributed by atoms with Gasteiger partial charge in [0.25, 0.3) is 0 Å². The Morgan fingerprint density at radius 1 is 1.47 bits per heavy atom. The van der Waals surface area contributed by atoms with Crippen molar-refractivity contribution in [3.05, 3.63) is 23.8 Å². The zero-order valence-corrected chi connectivity index (χ0v) is 11.5. The Balaban J connectivity index is 2.92. The Hall–Kier alpha value is -1.99. The Bertz CT molecular complexity index is 498. The normalized spacial score (nSPS) is 9.74. The molecule has 0 saturated heterocycles. The standard InChI is InChI=1S/C15H19NO3/c1-11(2)9-15(18)16-13-10-12(5-4-8-17)6-7-14(13)19-3/h6-7,10-11,17H,8-9H2,1-3H3,(H,16,18). The van der Waals surface area contributed by atoms with Crippen LogP contribution in [0.2, 0.25) is 0 Å². The molecule has 0 fully saturated rings. The van der Waals surface area contributed by atoms with E-state index in [0.29, 0.717) is 23.8 Å². The number of aliphatic hydroxyl groups excluding tert-OH is 1. The van der Waals surface area contributed by atoms with Crippen molar-refractivity contribution in [1.29, 1.82) is 0 Å². The molecule has 0 saturated carbocycles. The summed E-state index contributed by atoms with van der Waals surface area (Å²) in [7, 11) is 1.55. The summed E-state index contributed by atoms with van der Waals surface area (Å²) in [5, 5.41) is 11.5. The molecule has 0 atom stereocenters. The van der Waals surface area contributed by atoms with E-state index in [-0.39, 0.29) is 12.5 Å². The van der Waals surface area contributed by atoms with Crippen LogP contribution in [-0.2, 0) is 4.79 Å². The van der Waals surface area contributed by atoms with Crippen LogP contribution in [0.1, 0.15) is 25.8 Å². The van der Waals surface area contributed by atoms with Crippen LogP contribution in [0.5, 0.6) is 5.75 Å². The summed E-state index contributed by atoms with van der Waals surface area (Å²) >= 11 is 0. The smallest absolute Gasteiger partial charge is 0.224 e. The zero-order valence-electron chi connectivity index (χ0n) is 11.5. The minimum Gasteiger partial charge on any atom is -0.495 e. The molecule has 0 radical (unpaired) electrons. The first kappa shape index (κ1) is 15.1. The van der Waals surface area contributed by atoms with Crippen LogP contribution in [0.4, 0.5) is 5.69 Å². The molecular weight excluding hydrogens is 242 g/mol. The summed E-state index contributed by atoms with van der Waals surface area (Å²) < 4.78 is 5.20. The maximum absolute atomic E-state index is 11.8. The number of benzene rings is 1. The molecule has 2 N–H and O–H groups in total. The Morgan fingerprint density at radius 3 is 2.79 bits per heavy atom. The summed E-state index contributed by atoms with van der Waals surface area (Å²) in [6.07, 6.45) is 0.454. The number of hydrogen-bond acceptors (Lipinski definition) is 3. The molecule has 0 unspecified atom stereocenters. The molecule has 0 aromatic heterocycles. The van der Waals surface area contributed by atoms with Gasteiger partial charge in [-0.2, -0.15) is 0 Å². The molecule has 0 spiro atoms. The lowest BCUT2D eigenvalue weighted by Gasteiger charge is -2.11. The summed E-state index contributed by atoms with van der Waals surface area (Å²) in [6.45, 7) is 3.78. The van der Waals surface area contributed by atoms with E-state index in [2.05, 4.69) is 17.2 Å². The highest BCUT2D eigenvalue weighted by molar-refractivity contribution is 5.92. The largest absolute Gasteiger partial charge is 0.495 e. The third-order valence-electron chi connectivity index (χ3n) is 2.38. The van der Waals surface area contributed by atoms with Crippen molar-refractivity contribution in [2.45, 2.75) is 20.3 Å². The van der Waals surface area contributed by atoms with Crippen molar-refractivity contribution in [2.24, 2.45) is 5.92 Å². The topological polar surface area (TPSA) is 58.6 Å². The maximum Gasteiger partial charge on any atom is 0.224 e. The number of carbonyl (C=O) groups is 1. The van der Waals surface area contributed by atoms with Gasteiger partial charge in [-0.05, 0) is 24.1 Å². The van der Waals surface area contributed by atoms with Crippen LogP contribution in [0, 0.1) is 17.8 Å². The van der Waals surface area contributed by atoms with E-state index in [0.717, 1.165) is 5.56 Å². The average molecular weight is 261 g/mol. The minimum absolute atomic E-state index is 0.0550. The Labute approximate surface area is 113 Å². The monoisotopic (exact) mass is 261 g/mol. The summed E-state index contributed by atoms with van der Waals surface area (Å²) in [6, 6.07) is 5.26. The fourth-order valence-electron chi connectivity index (χ4n) is 1.60. The van der Waals surface area contributed by atoms with E-state index in [1.807, 2.05) is 13.8 Å². The number of anilines is 1. The highest BCUT2D eigenvalue weighted by atomic mass is 16.5. The fraction of sp³-hybridized carbons (Fsp3) is 0.400. The number of methoxy groups -OCH3 is 1. The van der Waals surface area contributed by atoms with Gasteiger partial charge in [0.1, 0.15) is 12.4 Å². The van der Waals surface area contributed by atoms with Crippen molar-refractivity contribution in [1.82, 2.24) is 0 Å². The predicted molar refractivity (Wildman–Crippen MR) is 75.0 cm³/mol. The van der Waals surface area contributed by atoms with E-state index in [9.17, 15) is 4.79 Å². The summed E-state index contributed by atoms with van der Waals surface area (Å²) in [5.41, 5.74) is 1.31. The van der Waals surface area contributed by atoms with Crippen molar-refractivity contribution in [3.8, 4) is 17.6 Å². The molecule has 0 aliphatic heterocycles. The average Bonchev–Trinajstić information content (AvgIpc) is 2.35. The third kappa shape index (κ3) is 5.02. The molecule has 0 bridgehead atoms. The molecule has 0 aliphatic carbocycles. The number of amides is 1. The number of nitrogens with one attached hydrogen (secondary N) is 1. The molecule has 1 aromatic rings. The second-order valence-corrected chi connectivity index (χ2v) is 4.52. The lowest BCUT2D eigenvalue weighted by atomic mass is 10.1. The first-order valence-corrected chi connectivity index (χ1v) is 6.14. The molecule has 4 nitrogen and oxygen atoms in total. The molecule has 0 aliphatic rings. The van der Waals surface area contributed by atoms with Crippen LogP contribution < -0.4 is 10.1 Å². The summed E-state index contributed by atoms with van der Waals surface area (Å²) in [5.74, 6) is 6.19. The van der Waals surface area contributed by atoms with Crippen LogP contribution in [0.15, 0.2) is 18.2 Å². The highest BCUT2D eigenvalue weighted by Gasteiger charge is 2.09. The Kier molecular flexibility index (Phi) is 5.91. The van der Waals surface area contributed by atoms with E-state index in [4.69, 9.17) is 9.84 Å². The second-order valence-electron chi connectivity index (χ2n) is 4.52. The molecule has 1 amide bonds. The van der Waals surface area contributed by atoms with Gasteiger partial charge in [0.05, 0.1) is 12.8 Å². The second kappa shape index (κ2) is 7.45. The maximum atomic E-state index is 11.8. The number of rotatable bonds is 4. The van der Waals surface area contributed by atoms with Gasteiger partial charge in [-0.15, -0.1) is 0 Å². The zero-order chi connectivity index (χ0) is 14.3. The molecule has 0 heterocycles. The van der Waals surface area contributed by atoms with Crippen LogP contribution in [0.25, 0.3) is 0 Å². The molecule has 1 rings (SSSR count). The molecular formula is C15H19NO3.